The van der Waals surface area contributed by atoms with Crippen LogP contribution in [0.15, 0.2) is 47.6 Å². The van der Waals surface area contributed by atoms with Crippen LogP contribution in [-0.4, -0.2) is 12.1 Å². The van der Waals surface area contributed by atoms with Crippen LogP contribution in [0.4, 0.5) is 0 Å². The van der Waals surface area contributed by atoms with Crippen LogP contribution < -0.4 is 5.43 Å². The third-order valence-corrected chi connectivity index (χ3v) is 2.69. The van der Waals surface area contributed by atoms with E-state index in [0.29, 0.717) is 6.42 Å². The van der Waals surface area contributed by atoms with Crippen molar-refractivity contribution in [2.24, 2.45) is 5.10 Å². The van der Waals surface area contributed by atoms with Crippen molar-refractivity contribution in [3.8, 4) is 0 Å². The summed E-state index contributed by atoms with van der Waals surface area (Å²) in [5.41, 5.74) is 3.55. The fraction of sp³-hybridized carbons (Fsp3) is 0.200. The Balaban J connectivity index is 2.16. The molecule has 2 aromatic carbocycles. The van der Waals surface area contributed by atoms with Crippen molar-refractivity contribution in [2.45, 2.75) is 19.8 Å². The average Bonchev–Trinajstić information content (AvgIpc) is 2.39. The first-order valence-corrected chi connectivity index (χ1v) is 6.08. The van der Waals surface area contributed by atoms with Crippen LogP contribution in [0.5, 0.6) is 0 Å². The van der Waals surface area contributed by atoms with Gasteiger partial charge in [0.05, 0.1) is 6.42 Å². The fourth-order valence-electron chi connectivity index (χ4n) is 1.87. The Kier molecular flexibility index (Phi) is 4.07. The van der Waals surface area contributed by atoms with Crippen LogP contribution in [0.2, 0.25) is 0 Å². The minimum Gasteiger partial charge on any atom is -0.273 e. The van der Waals surface area contributed by atoms with Gasteiger partial charge in [-0.05, 0) is 22.8 Å². The highest BCUT2D eigenvalue weighted by Gasteiger charge is 2.05. The summed E-state index contributed by atoms with van der Waals surface area (Å²) in [4.78, 5) is 11.7. The molecule has 2 aromatic rings. The summed E-state index contributed by atoms with van der Waals surface area (Å²) in [6, 6.07) is 14.1. The molecule has 1 amide bonds. The second-order valence-corrected chi connectivity index (χ2v) is 4.07. The summed E-state index contributed by atoms with van der Waals surface area (Å²) in [7, 11) is 0. The lowest BCUT2D eigenvalue weighted by atomic mass is 10.0. The van der Waals surface area contributed by atoms with Crippen LogP contribution in [0.25, 0.3) is 10.8 Å². The van der Waals surface area contributed by atoms with Crippen LogP contribution in [0.1, 0.15) is 18.9 Å². The summed E-state index contributed by atoms with van der Waals surface area (Å²) < 4.78 is 0. The third-order valence-electron chi connectivity index (χ3n) is 2.69. The van der Waals surface area contributed by atoms with Crippen molar-refractivity contribution < 1.29 is 4.79 Å². The zero-order valence-electron chi connectivity index (χ0n) is 10.4. The molecular weight excluding hydrogens is 224 g/mol. The molecule has 0 spiro atoms. The lowest BCUT2D eigenvalue weighted by molar-refractivity contribution is -0.120. The Morgan fingerprint density at radius 2 is 2.00 bits per heavy atom. The fourth-order valence-corrected chi connectivity index (χ4v) is 1.87. The van der Waals surface area contributed by atoms with Crippen LogP contribution in [-0.2, 0) is 11.2 Å². The molecule has 1 N–H and O–H groups in total. The van der Waals surface area contributed by atoms with Gasteiger partial charge >= 0.3 is 0 Å². The molecule has 3 heteroatoms. The van der Waals surface area contributed by atoms with Crippen LogP contribution in [0.3, 0.4) is 0 Å². The van der Waals surface area contributed by atoms with Crippen molar-refractivity contribution in [1.82, 2.24) is 5.43 Å². The zero-order valence-corrected chi connectivity index (χ0v) is 10.4. The maximum Gasteiger partial charge on any atom is 0.244 e. The molecule has 0 fully saturated rings. The molecule has 0 heterocycles. The molecule has 92 valence electrons. The first kappa shape index (κ1) is 12.3. The van der Waals surface area contributed by atoms with E-state index in [1.807, 2.05) is 49.4 Å². The van der Waals surface area contributed by atoms with Crippen LogP contribution >= 0.6 is 0 Å². The Morgan fingerprint density at radius 3 is 2.83 bits per heavy atom. The molecule has 0 aliphatic heterocycles. The minimum atomic E-state index is -0.0870. The van der Waals surface area contributed by atoms with E-state index in [1.165, 1.54) is 0 Å². The molecule has 3 nitrogen and oxygen atoms in total. The number of rotatable bonds is 4. The number of carbonyl (C=O) groups excluding carboxylic acids is 1. The van der Waals surface area contributed by atoms with Gasteiger partial charge < -0.3 is 0 Å². The van der Waals surface area contributed by atoms with E-state index in [0.717, 1.165) is 22.8 Å². The predicted octanol–water partition coefficient (Wildman–Crippen LogP) is 2.89. The van der Waals surface area contributed by atoms with Gasteiger partial charge in [0.15, 0.2) is 0 Å². The largest absolute Gasteiger partial charge is 0.273 e. The summed E-state index contributed by atoms with van der Waals surface area (Å²) in [5, 5.41) is 6.11. The smallest absolute Gasteiger partial charge is 0.244 e. The molecule has 0 aromatic heterocycles. The summed E-state index contributed by atoms with van der Waals surface area (Å²) in [6.07, 6.45) is 2.85. The van der Waals surface area contributed by atoms with E-state index in [2.05, 4.69) is 10.5 Å². The Hall–Kier alpha value is -2.16. The highest BCUT2D eigenvalue weighted by molar-refractivity contribution is 5.90. The first-order chi connectivity index (χ1) is 8.81. The van der Waals surface area contributed by atoms with Gasteiger partial charge in [0.25, 0.3) is 0 Å². The third kappa shape index (κ3) is 2.94. The van der Waals surface area contributed by atoms with Gasteiger partial charge in [-0.3, -0.25) is 4.79 Å². The van der Waals surface area contributed by atoms with Gasteiger partial charge in [-0.25, -0.2) is 5.43 Å². The lowest BCUT2D eigenvalue weighted by Crippen LogP contribution is -2.19. The number of fused-ring (bicyclic) bond motifs is 1. The highest BCUT2D eigenvalue weighted by Crippen LogP contribution is 2.18. The SMILES string of the molecule is CCC=NNC(=O)Cc1cccc2ccccc12. The predicted molar refractivity (Wildman–Crippen MR) is 74.6 cm³/mol. The van der Waals surface area contributed by atoms with E-state index in [4.69, 9.17) is 0 Å². The summed E-state index contributed by atoms with van der Waals surface area (Å²) in [6.45, 7) is 1.97. The van der Waals surface area contributed by atoms with E-state index in [-0.39, 0.29) is 5.91 Å². The summed E-state index contributed by atoms with van der Waals surface area (Å²) in [5.74, 6) is -0.0870. The molecule has 2 rings (SSSR count). The molecule has 0 saturated carbocycles. The quantitative estimate of drug-likeness (QED) is 0.648. The highest BCUT2D eigenvalue weighted by atomic mass is 16.2. The maximum atomic E-state index is 11.7. The lowest BCUT2D eigenvalue weighted by Gasteiger charge is -2.05. The van der Waals surface area contributed by atoms with E-state index in [9.17, 15) is 4.79 Å². The molecule has 18 heavy (non-hydrogen) atoms. The van der Waals surface area contributed by atoms with E-state index in [1.54, 1.807) is 6.21 Å². The number of nitrogens with zero attached hydrogens (tertiary/aromatic N) is 1. The monoisotopic (exact) mass is 240 g/mol. The topological polar surface area (TPSA) is 41.5 Å². The molecule has 0 bridgehead atoms. The molecule has 0 atom stereocenters. The molecule has 0 saturated heterocycles. The first-order valence-electron chi connectivity index (χ1n) is 6.08. The Labute approximate surface area is 107 Å². The number of carbonyl (C=O) groups is 1. The van der Waals surface area contributed by atoms with Crippen molar-refractivity contribution in [1.29, 1.82) is 0 Å². The number of amides is 1. The Morgan fingerprint density at radius 1 is 1.22 bits per heavy atom. The van der Waals surface area contributed by atoms with Gasteiger partial charge in [0.1, 0.15) is 0 Å². The number of hydrogen-bond donors (Lipinski definition) is 1. The van der Waals surface area contributed by atoms with E-state index >= 15 is 0 Å². The van der Waals surface area contributed by atoms with Crippen LogP contribution in [0, 0.1) is 0 Å². The number of hydrogen-bond acceptors (Lipinski definition) is 2. The van der Waals surface area contributed by atoms with Crippen molar-refractivity contribution in [3.05, 3.63) is 48.0 Å². The summed E-state index contributed by atoms with van der Waals surface area (Å²) >= 11 is 0. The number of benzene rings is 2. The van der Waals surface area contributed by atoms with Gasteiger partial charge in [-0.15, -0.1) is 0 Å². The van der Waals surface area contributed by atoms with Gasteiger partial charge in [0.2, 0.25) is 5.91 Å². The van der Waals surface area contributed by atoms with Gasteiger partial charge in [-0.2, -0.15) is 5.10 Å². The standard InChI is InChI=1S/C15H16N2O/c1-2-10-16-17-15(18)11-13-8-5-7-12-6-3-4-9-14(12)13/h3-10H,2,11H2,1H3,(H,17,18). The molecule has 0 aliphatic rings. The second kappa shape index (κ2) is 5.96. The van der Waals surface area contributed by atoms with Gasteiger partial charge in [0, 0.05) is 6.21 Å². The molecular formula is C15H16N2O. The van der Waals surface area contributed by atoms with Crippen molar-refractivity contribution in [3.63, 3.8) is 0 Å². The van der Waals surface area contributed by atoms with Gasteiger partial charge in [-0.1, -0.05) is 49.4 Å². The number of nitrogens with one attached hydrogen (secondary N) is 1. The van der Waals surface area contributed by atoms with E-state index < -0.39 is 0 Å². The van der Waals surface area contributed by atoms with Crippen molar-refractivity contribution in [2.75, 3.05) is 0 Å². The molecule has 0 unspecified atom stereocenters. The normalized spacial score (nSPS) is 10.9. The Bertz CT molecular complexity index is 570. The zero-order chi connectivity index (χ0) is 12.8. The average molecular weight is 240 g/mol. The molecule has 0 radical (unpaired) electrons. The number of hydrazone groups is 1. The maximum absolute atomic E-state index is 11.7. The minimum absolute atomic E-state index is 0.0870. The second-order valence-electron chi connectivity index (χ2n) is 4.07. The van der Waals surface area contributed by atoms with Crippen molar-refractivity contribution >= 4 is 22.9 Å². The molecule has 0 aliphatic carbocycles.